The number of anilines is 2. The van der Waals surface area contributed by atoms with Crippen LogP contribution in [0, 0.1) is 0 Å². The summed E-state index contributed by atoms with van der Waals surface area (Å²) >= 11 is 5.83. The highest BCUT2D eigenvalue weighted by Gasteiger charge is 2.14. The lowest BCUT2D eigenvalue weighted by atomic mass is 10.2. The van der Waals surface area contributed by atoms with E-state index in [9.17, 15) is 14.4 Å². The second-order valence-corrected chi connectivity index (χ2v) is 5.87. The Morgan fingerprint density at radius 1 is 1.07 bits per heavy atom. The van der Waals surface area contributed by atoms with Crippen LogP contribution in [0.4, 0.5) is 11.4 Å². The minimum atomic E-state index is -0.724. The number of nitrogens with two attached hydrogens (primary N) is 1. The Balaban J connectivity index is 2.10. The van der Waals surface area contributed by atoms with Gasteiger partial charge in [0.2, 0.25) is 5.91 Å². The van der Waals surface area contributed by atoms with Crippen LogP contribution < -0.4 is 25.8 Å². The van der Waals surface area contributed by atoms with E-state index in [-0.39, 0.29) is 23.8 Å². The average Bonchev–Trinajstić information content (AvgIpc) is 2.60. The quantitative estimate of drug-likeness (QED) is 0.669. The van der Waals surface area contributed by atoms with Crippen molar-refractivity contribution in [1.29, 1.82) is 0 Å². The summed E-state index contributed by atoms with van der Waals surface area (Å²) in [5.74, 6) is -0.929. The summed E-state index contributed by atoms with van der Waals surface area (Å²) in [5, 5.41) is 5.55. The van der Waals surface area contributed by atoms with Gasteiger partial charge in [-0.3, -0.25) is 14.4 Å². The van der Waals surface area contributed by atoms with E-state index in [2.05, 4.69) is 10.6 Å². The molecule has 0 saturated heterocycles. The molecule has 0 radical (unpaired) electrons. The number of benzene rings is 2. The van der Waals surface area contributed by atoms with Crippen LogP contribution in [0.25, 0.3) is 0 Å². The molecule has 0 bridgehead atoms. The molecular weight excluding hydrogens is 374 g/mol. The van der Waals surface area contributed by atoms with E-state index in [0.29, 0.717) is 22.1 Å². The van der Waals surface area contributed by atoms with Crippen molar-refractivity contribution in [3.8, 4) is 11.5 Å². The Morgan fingerprint density at radius 3 is 2.41 bits per heavy atom. The van der Waals surface area contributed by atoms with Gasteiger partial charge in [0.15, 0.2) is 6.61 Å². The molecule has 2 rings (SSSR count). The number of nitrogens with one attached hydrogen (secondary N) is 2. The van der Waals surface area contributed by atoms with E-state index in [1.54, 1.807) is 18.2 Å². The van der Waals surface area contributed by atoms with Crippen molar-refractivity contribution < 1.29 is 23.9 Å². The molecule has 4 N–H and O–H groups in total. The summed E-state index contributed by atoms with van der Waals surface area (Å²) in [6.07, 6.45) is 0. The number of halogens is 1. The van der Waals surface area contributed by atoms with Gasteiger partial charge >= 0.3 is 0 Å². The molecule has 0 unspecified atom stereocenters. The molecule has 0 fully saturated rings. The highest BCUT2D eigenvalue weighted by molar-refractivity contribution is 6.31. The second kappa shape index (κ2) is 8.91. The minimum absolute atomic E-state index is 0.0699. The van der Waals surface area contributed by atoms with Crippen molar-refractivity contribution in [2.45, 2.75) is 6.92 Å². The SMILES string of the molecule is COc1ccc(NC(C)=O)cc1NC(=O)COc1ccc(Cl)cc1C(N)=O. The van der Waals surface area contributed by atoms with Crippen molar-refractivity contribution in [3.05, 3.63) is 47.0 Å². The molecule has 8 nitrogen and oxygen atoms in total. The first-order chi connectivity index (χ1) is 12.8. The molecule has 3 amide bonds. The van der Waals surface area contributed by atoms with Gasteiger partial charge in [-0.2, -0.15) is 0 Å². The minimum Gasteiger partial charge on any atom is -0.495 e. The second-order valence-electron chi connectivity index (χ2n) is 5.44. The molecule has 142 valence electrons. The number of carbonyl (C=O) groups excluding carboxylic acids is 3. The van der Waals surface area contributed by atoms with Crippen LogP contribution >= 0.6 is 11.6 Å². The van der Waals surface area contributed by atoms with Gasteiger partial charge < -0.3 is 25.8 Å². The number of primary amides is 1. The van der Waals surface area contributed by atoms with Crippen LogP contribution in [0.5, 0.6) is 11.5 Å². The van der Waals surface area contributed by atoms with Gasteiger partial charge in [-0.15, -0.1) is 0 Å². The molecule has 0 atom stereocenters. The third kappa shape index (κ3) is 5.61. The van der Waals surface area contributed by atoms with Gasteiger partial charge in [0.1, 0.15) is 11.5 Å². The lowest BCUT2D eigenvalue weighted by molar-refractivity contribution is -0.118. The fourth-order valence-corrected chi connectivity index (χ4v) is 2.41. The van der Waals surface area contributed by atoms with Crippen LogP contribution in [0.15, 0.2) is 36.4 Å². The first-order valence-corrected chi connectivity index (χ1v) is 8.15. The molecule has 2 aromatic rings. The molecule has 0 heterocycles. The standard InChI is InChI=1S/C18H18ClN3O5/c1-10(23)21-12-4-6-16(26-2)14(8-12)22-17(24)9-27-15-5-3-11(19)7-13(15)18(20)25/h3-8H,9H2,1-2H3,(H2,20,25)(H,21,23)(H,22,24). The van der Waals surface area contributed by atoms with Crippen LogP contribution in [0.3, 0.4) is 0 Å². The lowest BCUT2D eigenvalue weighted by Gasteiger charge is -2.13. The van der Waals surface area contributed by atoms with Gasteiger partial charge in [0.05, 0.1) is 18.4 Å². The first kappa shape index (κ1) is 20.1. The van der Waals surface area contributed by atoms with Gasteiger partial charge in [0, 0.05) is 17.6 Å². The van der Waals surface area contributed by atoms with Crippen LogP contribution in [0.2, 0.25) is 5.02 Å². The normalized spacial score (nSPS) is 10.0. The molecule has 0 saturated carbocycles. The summed E-state index contributed by atoms with van der Waals surface area (Å²) < 4.78 is 10.6. The van der Waals surface area contributed by atoms with Crippen molar-refractivity contribution >= 4 is 40.7 Å². The lowest BCUT2D eigenvalue weighted by Crippen LogP contribution is -2.22. The summed E-state index contributed by atoms with van der Waals surface area (Å²) in [6, 6.07) is 9.12. The van der Waals surface area contributed by atoms with E-state index in [1.165, 1.54) is 32.2 Å². The molecule has 27 heavy (non-hydrogen) atoms. The number of hydrogen-bond donors (Lipinski definition) is 3. The molecule has 0 aliphatic carbocycles. The smallest absolute Gasteiger partial charge is 0.262 e. The molecule has 2 aromatic carbocycles. The Morgan fingerprint density at radius 2 is 1.78 bits per heavy atom. The first-order valence-electron chi connectivity index (χ1n) is 7.77. The zero-order valence-corrected chi connectivity index (χ0v) is 15.4. The van der Waals surface area contributed by atoms with Crippen LogP contribution in [-0.2, 0) is 9.59 Å². The number of ether oxygens (including phenoxy) is 2. The number of rotatable bonds is 7. The zero-order chi connectivity index (χ0) is 20.0. The zero-order valence-electron chi connectivity index (χ0n) is 14.7. The van der Waals surface area contributed by atoms with Gasteiger partial charge in [-0.05, 0) is 36.4 Å². The molecular formula is C18H18ClN3O5. The average molecular weight is 392 g/mol. The maximum atomic E-state index is 12.2. The summed E-state index contributed by atoms with van der Waals surface area (Å²) in [5.41, 5.74) is 6.19. The predicted octanol–water partition coefficient (Wildman–Crippen LogP) is 2.42. The van der Waals surface area contributed by atoms with Crippen LogP contribution in [0.1, 0.15) is 17.3 Å². The Hall–Kier alpha value is -3.26. The van der Waals surface area contributed by atoms with E-state index in [1.807, 2.05) is 0 Å². The van der Waals surface area contributed by atoms with Gasteiger partial charge in [0.25, 0.3) is 11.8 Å². The third-order valence-electron chi connectivity index (χ3n) is 3.36. The van der Waals surface area contributed by atoms with E-state index < -0.39 is 11.8 Å². The third-order valence-corrected chi connectivity index (χ3v) is 3.59. The molecule has 0 spiro atoms. The Labute approximate surface area is 160 Å². The molecule has 9 heteroatoms. The Kier molecular flexibility index (Phi) is 6.62. The van der Waals surface area contributed by atoms with Gasteiger partial charge in [-0.1, -0.05) is 11.6 Å². The predicted molar refractivity (Wildman–Crippen MR) is 101 cm³/mol. The van der Waals surface area contributed by atoms with Crippen LogP contribution in [-0.4, -0.2) is 31.4 Å². The Bertz CT molecular complexity index is 885. The number of carbonyl (C=O) groups is 3. The summed E-state index contributed by atoms with van der Waals surface area (Å²) in [4.78, 5) is 34.8. The van der Waals surface area contributed by atoms with E-state index >= 15 is 0 Å². The summed E-state index contributed by atoms with van der Waals surface area (Å²) in [7, 11) is 1.45. The van der Waals surface area contributed by atoms with Crippen molar-refractivity contribution in [2.24, 2.45) is 5.73 Å². The topological polar surface area (TPSA) is 120 Å². The molecule has 0 aliphatic rings. The van der Waals surface area contributed by atoms with Crippen molar-refractivity contribution in [3.63, 3.8) is 0 Å². The fourth-order valence-electron chi connectivity index (χ4n) is 2.24. The van der Waals surface area contributed by atoms with E-state index in [4.69, 9.17) is 26.8 Å². The number of methoxy groups -OCH3 is 1. The maximum absolute atomic E-state index is 12.2. The molecule has 0 aromatic heterocycles. The fraction of sp³-hybridized carbons (Fsp3) is 0.167. The number of hydrogen-bond acceptors (Lipinski definition) is 5. The molecule has 0 aliphatic heterocycles. The highest BCUT2D eigenvalue weighted by Crippen LogP contribution is 2.28. The largest absolute Gasteiger partial charge is 0.495 e. The summed E-state index contributed by atoms with van der Waals surface area (Å²) in [6.45, 7) is 0.994. The van der Waals surface area contributed by atoms with Crippen molar-refractivity contribution in [1.82, 2.24) is 0 Å². The van der Waals surface area contributed by atoms with Crippen molar-refractivity contribution in [2.75, 3.05) is 24.4 Å². The van der Waals surface area contributed by atoms with Gasteiger partial charge in [-0.25, -0.2) is 0 Å². The monoisotopic (exact) mass is 391 g/mol. The van der Waals surface area contributed by atoms with E-state index in [0.717, 1.165) is 0 Å². The maximum Gasteiger partial charge on any atom is 0.262 e. The highest BCUT2D eigenvalue weighted by atomic mass is 35.5. The number of amides is 3.